The van der Waals surface area contributed by atoms with Gasteiger partial charge in [0, 0.05) is 42.8 Å². The zero-order valence-electron chi connectivity index (χ0n) is 34.4. The Morgan fingerprint density at radius 1 is 0.873 bits per heavy atom. The van der Waals surface area contributed by atoms with Crippen LogP contribution < -0.4 is 20.8 Å². The average molecular weight is 874 g/mol. The number of hydrogen-bond donors (Lipinski definition) is 5. The third-order valence-corrected chi connectivity index (χ3v) is 11.0. The van der Waals surface area contributed by atoms with Gasteiger partial charge in [-0.3, -0.25) is 24.4 Å². The molecule has 0 saturated heterocycles. The minimum absolute atomic E-state index is 0.0763. The van der Waals surface area contributed by atoms with Crippen LogP contribution in [0.3, 0.4) is 0 Å². The Labute approximate surface area is 364 Å². The number of hydrazone groups is 1. The van der Waals surface area contributed by atoms with Gasteiger partial charge in [0.05, 0.1) is 11.8 Å². The van der Waals surface area contributed by atoms with Crippen LogP contribution in [0.2, 0.25) is 0 Å². The Balaban J connectivity index is 1.04. The van der Waals surface area contributed by atoms with Crippen molar-refractivity contribution in [3.05, 3.63) is 155 Å². The number of anilines is 1. The quantitative estimate of drug-likeness (QED) is 0.0252. The zero-order valence-corrected chi connectivity index (χ0v) is 35.2. The molecule has 16 nitrogen and oxygen atoms in total. The first-order valence-electron chi connectivity index (χ1n) is 20.1. The van der Waals surface area contributed by atoms with Crippen LogP contribution in [0, 0.1) is 0 Å². The summed E-state index contributed by atoms with van der Waals surface area (Å²) in [4.78, 5) is 58.0. The molecule has 5 N–H and O–H groups in total. The zero-order chi connectivity index (χ0) is 44.8. The van der Waals surface area contributed by atoms with E-state index in [9.17, 15) is 37.3 Å². The van der Waals surface area contributed by atoms with E-state index in [1.54, 1.807) is 46.8 Å². The minimum atomic E-state index is -4.44. The first-order chi connectivity index (χ1) is 30.4. The van der Waals surface area contributed by atoms with E-state index >= 15 is 0 Å². The summed E-state index contributed by atoms with van der Waals surface area (Å²) in [7, 11) is -2.74. The number of likely N-dealkylation sites (N-methyl/N-ethyl adjacent to an activating group) is 1. The molecule has 2 aromatic heterocycles. The molecule has 0 aliphatic heterocycles. The highest BCUT2D eigenvalue weighted by Gasteiger charge is 2.25. The summed E-state index contributed by atoms with van der Waals surface area (Å²) in [6.45, 7) is 0.855. The van der Waals surface area contributed by atoms with Crippen molar-refractivity contribution < 1.29 is 42.0 Å². The summed E-state index contributed by atoms with van der Waals surface area (Å²) in [5.74, 6) is -1.69. The number of aliphatic carboxylic acids is 1. The van der Waals surface area contributed by atoms with Gasteiger partial charge in [-0.1, -0.05) is 78.9 Å². The van der Waals surface area contributed by atoms with Crippen LogP contribution in [0.4, 0.5) is 5.82 Å². The van der Waals surface area contributed by atoms with Crippen molar-refractivity contribution in [3.8, 4) is 5.75 Å². The number of benzene rings is 4. The number of rotatable bonds is 21. The first-order valence-corrected chi connectivity index (χ1v) is 21.5. The molecule has 0 bridgehead atoms. The number of fused-ring (bicyclic) bond motifs is 1. The molecule has 6 aromatic rings. The highest BCUT2D eigenvalue weighted by molar-refractivity contribution is 7.86. The van der Waals surface area contributed by atoms with E-state index in [4.69, 9.17) is 4.74 Å². The Morgan fingerprint density at radius 3 is 2.29 bits per heavy atom. The van der Waals surface area contributed by atoms with E-state index in [1.807, 2.05) is 60.7 Å². The molecule has 0 spiro atoms. The van der Waals surface area contributed by atoms with Crippen LogP contribution in [0.15, 0.2) is 138 Å². The number of unbranched alkanes of at least 4 members (excludes halogenated alkanes) is 1. The predicted octanol–water partition coefficient (Wildman–Crippen LogP) is 5.79. The standard InChI is InChI=1S/C46H47N7O9S/c1-52(25-23-32-12-4-2-5-13-32)43(54)30-53-39-21-20-37(62-31-33-14-6-3-7-15-33)26-36(39)27-40(53)45(56)50-38(46(57)58)17-10-11-24-47-44(55)35-19-22-42(48-28-35)51-49-29-34-16-8-9-18-41(34)63(59,60)61/h2-9,12-16,18-22,26-29,38H,10-11,17,23-25,30-31H2,1H3,(H,47,55)(H,48,51)(H,50,56)(H,57,58)(H,59,60,61)/b49-29+. The maximum Gasteiger partial charge on any atom is 0.326 e. The van der Waals surface area contributed by atoms with Crippen molar-refractivity contribution in [2.75, 3.05) is 25.6 Å². The second kappa shape index (κ2) is 21.4. The molecular formula is C46H47N7O9S. The molecule has 6 rings (SSSR count). The fraction of sp³-hybridized carbons (Fsp3) is 0.217. The number of carbonyl (C=O) groups is 4. The number of hydrogen-bond acceptors (Lipinski definition) is 10. The molecule has 0 saturated carbocycles. The number of nitrogens with one attached hydrogen (secondary N) is 3. The van der Waals surface area contributed by atoms with Crippen LogP contribution in [0.5, 0.6) is 5.75 Å². The SMILES string of the molecule is CN(CCc1ccccc1)C(=O)Cn1c(C(=O)NC(CCCCNC(=O)c2ccc(N/N=C/c3ccccc3S(=O)(=O)O)nc2)C(=O)O)cc2cc(OCc3ccccc3)ccc21. The molecule has 63 heavy (non-hydrogen) atoms. The van der Waals surface area contributed by atoms with Crippen LogP contribution in [-0.2, 0) is 39.3 Å². The Bertz CT molecular complexity index is 2670. The molecule has 1 unspecified atom stereocenters. The number of carbonyl (C=O) groups excluding carboxylic acids is 3. The minimum Gasteiger partial charge on any atom is -0.489 e. The van der Waals surface area contributed by atoms with Crippen molar-refractivity contribution >= 4 is 56.7 Å². The molecule has 0 radical (unpaired) electrons. The topological polar surface area (TPSA) is 222 Å². The Kier molecular flexibility index (Phi) is 15.4. The number of carboxylic acids is 1. The lowest BCUT2D eigenvalue weighted by molar-refractivity contribution is -0.139. The number of nitrogens with zero attached hydrogens (tertiary/aromatic N) is 4. The van der Waals surface area contributed by atoms with Crippen molar-refractivity contribution in [1.82, 2.24) is 25.1 Å². The number of amides is 3. The van der Waals surface area contributed by atoms with Crippen LogP contribution in [-0.4, -0.2) is 88.6 Å². The van der Waals surface area contributed by atoms with E-state index in [2.05, 4.69) is 26.1 Å². The number of carboxylic acid groups (broad SMARTS) is 1. The van der Waals surface area contributed by atoms with Gasteiger partial charge < -0.3 is 29.9 Å². The van der Waals surface area contributed by atoms with Crippen molar-refractivity contribution in [1.29, 1.82) is 0 Å². The van der Waals surface area contributed by atoms with Gasteiger partial charge in [0.2, 0.25) is 5.91 Å². The number of aromatic nitrogens is 2. The number of pyridine rings is 1. The summed E-state index contributed by atoms with van der Waals surface area (Å²) in [6.07, 6.45) is 4.02. The van der Waals surface area contributed by atoms with Gasteiger partial charge in [0.25, 0.3) is 21.9 Å². The third-order valence-electron chi connectivity index (χ3n) is 10.1. The number of ether oxygens (including phenoxy) is 1. The van der Waals surface area contributed by atoms with E-state index in [0.29, 0.717) is 49.1 Å². The second-order valence-electron chi connectivity index (χ2n) is 14.6. The summed E-state index contributed by atoms with van der Waals surface area (Å²) < 4.78 is 40.2. The molecule has 17 heteroatoms. The summed E-state index contributed by atoms with van der Waals surface area (Å²) in [5, 5.41) is 20.1. The maximum atomic E-state index is 13.9. The summed E-state index contributed by atoms with van der Waals surface area (Å²) in [5.41, 5.74) is 5.84. The van der Waals surface area contributed by atoms with Gasteiger partial charge in [-0.25, -0.2) is 9.78 Å². The Hall–Kier alpha value is -7.37. The van der Waals surface area contributed by atoms with Crippen molar-refractivity contribution in [3.63, 3.8) is 0 Å². The van der Waals surface area contributed by atoms with E-state index < -0.39 is 33.9 Å². The predicted molar refractivity (Wildman–Crippen MR) is 237 cm³/mol. The molecule has 0 aliphatic carbocycles. The fourth-order valence-electron chi connectivity index (χ4n) is 6.61. The molecular weight excluding hydrogens is 827 g/mol. The Morgan fingerprint density at radius 2 is 1.59 bits per heavy atom. The molecule has 2 heterocycles. The van der Waals surface area contributed by atoms with Crippen LogP contribution in [0.25, 0.3) is 10.9 Å². The molecule has 4 aromatic carbocycles. The lowest BCUT2D eigenvalue weighted by Crippen LogP contribution is -2.42. The maximum absolute atomic E-state index is 13.9. The van der Waals surface area contributed by atoms with Gasteiger partial charge >= 0.3 is 5.97 Å². The molecule has 326 valence electrons. The summed E-state index contributed by atoms with van der Waals surface area (Å²) in [6, 6.07) is 34.0. The monoisotopic (exact) mass is 873 g/mol. The van der Waals surface area contributed by atoms with Gasteiger partial charge in [-0.05, 0) is 79.3 Å². The summed E-state index contributed by atoms with van der Waals surface area (Å²) >= 11 is 0. The first kappa shape index (κ1) is 45.2. The molecule has 1 atom stereocenters. The van der Waals surface area contributed by atoms with Crippen LogP contribution >= 0.6 is 0 Å². The smallest absolute Gasteiger partial charge is 0.326 e. The van der Waals surface area contributed by atoms with Crippen LogP contribution in [0.1, 0.15) is 56.8 Å². The second-order valence-corrected chi connectivity index (χ2v) is 16.0. The van der Waals surface area contributed by atoms with E-state index in [0.717, 1.165) is 11.1 Å². The largest absolute Gasteiger partial charge is 0.489 e. The normalized spacial score (nSPS) is 11.8. The third kappa shape index (κ3) is 12.8. The van der Waals surface area contributed by atoms with Crippen molar-refractivity contribution in [2.24, 2.45) is 5.10 Å². The highest BCUT2D eigenvalue weighted by atomic mass is 32.2. The lowest BCUT2D eigenvalue weighted by atomic mass is 10.1. The van der Waals surface area contributed by atoms with Gasteiger partial charge in [-0.2, -0.15) is 13.5 Å². The molecule has 3 amide bonds. The van der Waals surface area contributed by atoms with Gasteiger partial charge in [0.15, 0.2) is 0 Å². The average Bonchev–Trinajstić information content (AvgIpc) is 3.64. The van der Waals surface area contributed by atoms with E-state index in [-0.39, 0.29) is 53.0 Å². The highest BCUT2D eigenvalue weighted by Crippen LogP contribution is 2.26. The van der Waals surface area contributed by atoms with E-state index in [1.165, 1.54) is 42.7 Å². The van der Waals surface area contributed by atoms with Gasteiger partial charge in [0.1, 0.15) is 41.4 Å². The lowest BCUT2D eigenvalue weighted by Gasteiger charge is -2.20. The van der Waals surface area contributed by atoms with Crippen molar-refractivity contribution in [2.45, 2.75) is 49.8 Å². The van der Waals surface area contributed by atoms with Gasteiger partial charge in [-0.15, -0.1) is 0 Å². The molecule has 0 fully saturated rings. The fourth-order valence-corrected chi connectivity index (χ4v) is 7.28. The molecule has 0 aliphatic rings.